The Kier molecular flexibility index (Phi) is 3.50. The Morgan fingerprint density at radius 2 is 2.44 bits per heavy atom. The smallest absolute Gasteiger partial charge is 0.254 e. The molecular weight excluding hydrogens is 291 g/mol. The van der Waals surface area contributed by atoms with Crippen LogP contribution < -0.4 is 5.32 Å². The zero-order valence-corrected chi connectivity index (χ0v) is 11.2. The van der Waals surface area contributed by atoms with E-state index in [2.05, 4.69) is 33.2 Å². The summed E-state index contributed by atoms with van der Waals surface area (Å²) >= 11 is 9.12. The summed E-state index contributed by atoms with van der Waals surface area (Å²) in [6, 6.07) is 1.68. The van der Waals surface area contributed by atoms with Gasteiger partial charge in [-0.3, -0.25) is 4.79 Å². The number of pyridine rings is 1. The Labute approximate surface area is 108 Å². The highest BCUT2D eigenvalue weighted by Gasteiger charge is 2.32. The third-order valence-electron chi connectivity index (χ3n) is 2.85. The maximum absolute atomic E-state index is 11.8. The van der Waals surface area contributed by atoms with E-state index in [1.807, 2.05) is 0 Å². The van der Waals surface area contributed by atoms with Crippen molar-refractivity contribution < 1.29 is 4.79 Å². The number of hydrogen-bond acceptors (Lipinski definition) is 2. The van der Waals surface area contributed by atoms with Crippen molar-refractivity contribution in [3.05, 3.63) is 27.5 Å². The van der Waals surface area contributed by atoms with Crippen LogP contribution in [0, 0.1) is 11.8 Å². The number of halogens is 2. The van der Waals surface area contributed by atoms with Gasteiger partial charge < -0.3 is 5.32 Å². The zero-order valence-electron chi connectivity index (χ0n) is 8.84. The van der Waals surface area contributed by atoms with E-state index in [1.165, 1.54) is 6.42 Å². The minimum absolute atomic E-state index is 0.155. The van der Waals surface area contributed by atoms with Gasteiger partial charge in [-0.2, -0.15) is 0 Å². The van der Waals surface area contributed by atoms with Gasteiger partial charge in [0, 0.05) is 17.2 Å². The third kappa shape index (κ3) is 2.74. The molecule has 1 aliphatic carbocycles. The number of aromatic nitrogens is 1. The maximum atomic E-state index is 11.8. The van der Waals surface area contributed by atoms with E-state index in [4.69, 9.17) is 11.6 Å². The lowest BCUT2D eigenvalue weighted by atomic mass is 10.2. The van der Waals surface area contributed by atoms with Crippen molar-refractivity contribution in [3.63, 3.8) is 0 Å². The average Bonchev–Trinajstić information content (AvgIpc) is 2.95. The first kappa shape index (κ1) is 11.9. The lowest BCUT2D eigenvalue weighted by Gasteiger charge is -2.05. The molecule has 0 bridgehead atoms. The summed E-state index contributed by atoms with van der Waals surface area (Å²) in [5, 5.41) is 3.12. The quantitative estimate of drug-likeness (QED) is 0.873. The summed E-state index contributed by atoms with van der Waals surface area (Å²) in [6.45, 7) is 2.91. The predicted octanol–water partition coefficient (Wildman–Crippen LogP) is 2.88. The lowest BCUT2D eigenvalue weighted by Crippen LogP contribution is -2.26. The molecule has 0 spiro atoms. The molecule has 0 aliphatic heterocycles. The van der Waals surface area contributed by atoms with Gasteiger partial charge in [-0.1, -0.05) is 18.5 Å². The molecule has 5 heteroatoms. The van der Waals surface area contributed by atoms with E-state index in [0.29, 0.717) is 11.5 Å². The van der Waals surface area contributed by atoms with Crippen LogP contribution >= 0.6 is 27.5 Å². The van der Waals surface area contributed by atoms with Crippen LogP contribution in [0.15, 0.2) is 16.7 Å². The molecular formula is C11H12BrClN2O. The van der Waals surface area contributed by atoms with Crippen molar-refractivity contribution in [2.45, 2.75) is 13.3 Å². The fourth-order valence-corrected chi connectivity index (χ4v) is 2.10. The number of carbonyl (C=O) groups is 1. The molecule has 3 nitrogen and oxygen atoms in total. The number of hydrogen-bond donors (Lipinski definition) is 1. The highest BCUT2D eigenvalue weighted by Crippen LogP contribution is 2.36. The maximum Gasteiger partial charge on any atom is 0.254 e. The molecule has 1 aliphatic rings. The molecule has 1 aromatic rings. The number of carbonyl (C=O) groups excluding carboxylic acids is 1. The van der Waals surface area contributed by atoms with E-state index in [1.54, 1.807) is 12.3 Å². The molecule has 1 aromatic heterocycles. The van der Waals surface area contributed by atoms with Gasteiger partial charge in [0.2, 0.25) is 0 Å². The second-order valence-electron chi connectivity index (χ2n) is 4.17. The highest BCUT2D eigenvalue weighted by molar-refractivity contribution is 9.10. The van der Waals surface area contributed by atoms with Gasteiger partial charge in [-0.25, -0.2) is 4.98 Å². The second kappa shape index (κ2) is 4.72. The van der Waals surface area contributed by atoms with Crippen LogP contribution in [0.5, 0.6) is 0 Å². The second-order valence-corrected chi connectivity index (χ2v) is 5.45. The van der Waals surface area contributed by atoms with E-state index in [9.17, 15) is 4.79 Å². The Hall–Kier alpha value is -0.610. The topological polar surface area (TPSA) is 42.0 Å². The van der Waals surface area contributed by atoms with Gasteiger partial charge in [0.05, 0.1) is 5.56 Å². The number of nitrogens with one attached hydrogen (secondary N) is 1. The van der Waals surface area contributed by atoms with E-state index in [0.717, 1.165) is 16.9 Å². The van der Waals surface area contributed by atoms with Crippen LogP contribution in [0.4, 0.5) is 0 Å². The minimum atomic E-state index is -0.155. The van der Waals surface area contributed by atoms with Crippen LogP contribution in [0.1, 0.15) is 23.7 Å². The van der Waals surface area contributed by atoms with E-state index < -0.39 is 0 Å². The van der Waals surface area contributed by atoms with Crippen molar-refractivity contribution in [2.75, 3.05) is 6.54 Å². The van der Waals surface area contributed by atoms with Crippen molar-refractivity contribution >= 4 is 33.4 Å². The first-order chi connectivity index (χ1) is 7.58. The Bertz CT molecular complexity index is 424. The average molecular weight is 304 g/mol. The van der Waals surface area contributed by atoms with Gasteiger partial charge in [0.15, 0.2) is 0 Å². The molecule has 1 N–H and O–H groups in total. The molecule has 1 fully saturated rings. The zero-order chi connectivity index (χ0) is 11.7. The third-order valence-corrected chi connectivity index (χ3v) is 3.59. The van der Waals surface area contributed by atoms with Crippen molar-refractivity contribution in [1.82, 2.24) is 10.3 Å². The summed E-state index contributed by atoms with van der Waals surface area (Å²) in [5.74, 6) is 1.21. The molecule has 2 atom stereocenters. The normalized spacial score (nSPS) is 22.9. The summed E-state index contributed by atoms with van der Waals surface area (Å²) in [5.41, 5.74) is 0.421. The SMILES string of the molecule is CC1CC1CNC(=O)c1cc(Br)cnc1Cl. The molecule has 1 heterocycles. The summed E-state index contributed by atoms with van der Waals surface area (Å²) in [6.07, 6.45) is 2.77. The van der Waals surface area contributed by atoms with Crippen LogP contribution in [0.3, 0.4) is 0 Å². The monoisotopic (exact) mass is 302 g/mol. The molecule has 0 saturated heterocycles. The predicted molar refractivity (Wildman–Crippen MR) is 66.6 cm³/mol. The van der Waals surface area contributed by atoms with Gasteiger partial charge in [0.25, 0.3) is 5.91 Å². The van der Waals surface area contributed by atoms with Crippen molar-refractivity contribution in [3.8, 4) is 0 Å². The Morgan fingerprint density at radius 1 is 1.75 bits per heavy atom. The van der Waals surface area contributed by atoms with Crippen LogP contribution in [-0.2, 0) is 0 Å². The molecule has 86 valence electrons. The van der Waals surface area contributed by atoms with Gasteiger partial charge >= 0.3 is 0 Å². The number of nitrogens with zero attached hydrogens (tertiary/aromatic N) is 1. The highest BCUT2D eigenvalue weighted by atomic mass is 79.9. The molecule has 0 aromatic carbocycles. The number of rotatable bonds is 3. The Balaban J connectivity index is 1.99. The molecule has 2 rings (SSSR count). The molecule has 1 saturated carbocycles. The molecule has 16 heavy (non-hydrogen) atoms. The number of amides is 1. The molecule has 2 unspecified atom stereocenters. The standard InChI is InChI=1S/C11H12BrClN2O/c1-6-2-7(6)4-15-11(16)9-3-8(12)5-14-10(9)13/h3,5-7H,2,4H2,1H3,(H,15,16). The lowest BCUT2D eigenvalue weighted by molar-refractivity contribution is 0.0951. The van der Waals surface area contributed by atoms with E-state index in [-0.39, 0.29) is 11.1 Å². The summed E-state index contributed by atoms with van der Waals surface area (Å²) in [7, 11) is 0. The minimum Gasteiger partial charge on any atom is -0.352 e. The van der Waals surface area contributed by atoms with Gasteiger partial charge in [-0.05, 0) is 40.3 Å². The van der Waals surface area contributed by atoms with Crippen LogP contribution in [0.25, 0.3) is 0 Å². The fraction of sp³-hybridized carbons (Fsp3) is 0.455. The van der Waals surface area contributed by atoms with Gasteiger partial charge in [0.1, 0.15) is 5.15 Å². The van der Waals surface area contributed by atoms with Crippen LogP contribution in [-0.4, -0.2) is 17.4 Å². The van der Waals surface area contributed by atoms with E-state index >= 15 is 0 Å². The molecule has 1 amide bonds. The van der Waals surface area contributed by atoms with Gasteiger partial charge in [-0.15, -0.1) is 0 Å². The first-order valence-corrected chi connectivity index (χ1v) is 6.34. The van der Waals surface area contributed by atoms with Crippen molar-refractivity contribution in [2.24, 2.45) is 11.8 Å². The largest absolute Gasteiger partial charge is 0.352 e. The Morgan fingerprint density at radius 3 is 3.06 bits per heavy atom. The summed E-state index contributed by atoms with van der Waals surface area (Å²) in [4.78, 5) is 15.7. The fourth-order valence-electron chi connectivity index (χ4n) is 1.58. The summed E-state index contributed by atoms with van der Waals surface area (Å²) < 4.78 is 0.752. The van der Waals surface area contributed by atoms with Crippen LogP contribution in [0.2, 0.25) is 5.15 Å². The van der Waals surface area contributed by atoms with Crippen molar-refractivity contribution in [1.29, 1.82) is 0 Å². The molecule has 0 radical (unpaired) electrons. The first-order valence-electron chi connectivity index (χ1n) is 5.17.